The molecule has 4 heterocycles. The molecule has 5 heteroatoms. The monoisotopic (exact) mass is 334 g/mol. The predicted molar refractivity (Wildman–Crippen MR) is 91.5 cm³/mol. The lowest BCUT2D eigenvalue weighted by Gasteiger charge is -2.41. The Labute approximate surface area is 142 Å². The molecule has 1 aromatic rings. The number of amides is 1. The topological polar surface area (TPSA) is 32.8 Å². The van der Waals surface area contributed by atoms with Gasteiger partial charge < -0.3 is 9.64 Å². The first-order valence-corrected chi connectivity index (χ1v) is 9.72. The molecule has 3 fully saturated rings. The van der Waals surface area contributed by atoms with E-state index in [1.54, 1.807) is 0 Å². The van der Waals surface area contributed by atoms with Crippen molar-refractivity contribution >= 4 is 17.2 Å². The van der Waals surface area contributed by atoms with Crippen molar-refractivity contribution in [2.75, 3.05) is 26.2 Å². The highest BCUT2D eigenvalue weighted by Gasteiger charge is 2.43. The van der Waals surface area contributed by atoms with Crippen LogP contribution >= 0.6 is 11.3 Å². The molecule has 0 aromatic carbocycles. The molecule has 0 saturated carbocycles. The minimum absolute atomic E-state index is 0.119. The largest absolute Gasteiger partial charge is 0.377 e. The van der Waals surface area contributed by atoms with Crippen LogP contribution in [0, 0.1) is 12.8 Å². The summed E-state index contributed by atoms with van der Waals surface area (Å²) in [5.41, 5.74) is 0. The lowest BCUT2D eigenvalue weighted by Crippen LogP contribution is -2.52. The van der Waals surface area contributed by atoms with E-state index in [1.165, 1.54) is 22.6 Å². The van der Waals surface area contributed by atoms with Crippen LogP contribution in [0.4, 0.5) is 0 Å². The normalized spacial score (nSPS) is 31.5. The Balaban J connectivity index is 1.48. The van der Waals surface area contributed by atoms with Crippen molar-refractivity contribution in [3.8, 4) is 0 Å². The molecule has 0 bridgehead atoms. The van der Waals surface area contributed by atoms with Crippen molar-refractivity contribution in [2.45, 2.75) is 51.3 Å². The summed E-state index contributed by atoms with van der Waals surface area (Å²) in [6, 6.07) is 4.93. The third-order valence-electron chi connectivity index (χ3n) is 5.54. The van der Waals surface area contributed by atoms with Crippen LogP contribution in [0.25, 0.3) is 0 Å². The molecule has 126 valence electrons. The van der Waals surface area contributed by atoms with Gasteiger partial charge in [-0.1, -0.05) is 0 Å². The lowest BCUT2D eigenvalue weighted by atomic mass is 9.89. The molecule has 4 rings (SSSR count). The van der Waals surface area contributed by atoms with E-state index < -0.39 is 0 Å². The van der Waals surface area contributed by atoms with Crippen LogP contribution < -0.4 is 0 Å². The number of rotatable bonds is 3. The van der Waals surface area contributed by atoms with Crippen LogP contribution in [0.15, 0.2) is 12.1 Å². The van der Waals surface area contributed by atoms with E-state index in [1.807, 2.05) is 11.3 Å². The lowest BCUT2D eigenvalue weighted by molar-refractivity contribution is -0.139. The van der Waals surface area contributed by atoms with Gasteiger partial charge in [-0.15, -0.1) is 11.3 Å². The minimum atomic E-state index is 0.119. The van der Waals surface area contributed by atoms with Gasteiger partial charge in [0.1, 0.15) is 0 Å². The zero-order chi connectivity index (χ0) is 15.8. The van der Waals surface area contributed by atoms with E-state index in [2.05, 4.69) is 28.9 Å². The smallest absolute Gasteiger partial charge is 0.227 e. The summed E-state index contributed by atoms with van der Waals surface area (Å²) in [4.78, 5) is 20.2. The fourth-order valence-electron chi connectivity index (χ4n) is 4.38. The Hall–Kier alpha value is -0.910. The molecule has 4 nitrogen and oxygen atoms in total. The molecule has 1 aromatic heterocycles. The van der Waals surface area contributed by atoms with E-state index in [0.29, 0.717) is 11.9 Å². The first-order valence-electron chi connectivity index (χ1n) is 8.90. The van der Waals surface area contributed by atoms with Crippen molar-refractivity contribution in [3.63, 3.8) is 0 Å². The number of carbonyl (C=O) groups excluding carboxylic acids is 1. The number of piperidine rings is 1. The van der Waals surface area contributed by atoms with Gasteiger partial charge >= 0.3 is 0 Å². The molecule has 3 aliphatic rings. The quantitative estimate of drug-likeness (QED) is 0.852. The Morgan fingerprint density at radius 1 is 1.35 bits per heavy atom. The zero-order valence-electron chi connectivity index (χ0n) is 13.9. The SMILES string of the molecule is Cc1ccc(CN2C[C@@H](C(=O)N3CCCC3)C[C@H]3OCC[C@H]32)s1. The van der Waals surface area contributed by atoms with Gasteiger partial charge in [0.15, 0.2) is 0 Å². The summed E-state index contributed by atoms with van der Waals surface area (Å²) in [6.45, 7) is 6.78. The van der Waals surface area contributed by atoms with Gasteiger partial charge in [0, 0.05) is 48.6 Å². The molecule has 0 unspecified atom stereocenters. The molecule has 0 radical (unpaired) electrons. The Kier molecular flexibility index (Phi) is 4.43. The first kappa shape index (κ1) is 15.6. The molecule has 0 spiro atoms. The van der Waals surface area contributed by atoms with Crippen LogP contribution in [-0.2, 0) is 16.1 Å². The number of hydrogen-bond donors (Lipinski definition) is 0. The van der Waals surface area contributed by atoms with Gasteiger partial charge in [0.05, 0.1) is 12.0 Å². The maximum absolute atomic E-state index is 12.8. The van der Waals surface area contributed by atoms with E-state index in [-0.39, 0.29) is 12.0 Å². The Morgan fingerprint density at radius 2 is 2.17 bits per heavy atom. The highest BCUT2D eigenvalue weighted by Crippen LogP contribution is 2.34. The number of aryl methyl sites for hydroxylation is 1. The van der Waals surface area contributed by atoms with E-state index in [0.717, 1.165) is 45.6 Å². The average molecular weight is 334 g/mol. The second kappa shape index (κ2) is 6.54. The second-order valence-corrected chi connectivity index (χ2v) is 8.54. The summed E-state index contributed by atoms with van der Waals surface area (Å²) in [5, 5.41) is 0. The van der Waals surface area contributed by atoms with E-state index >= 15 is 0 Å². The van der Waals surface area contributed by atoms with Gasteiger partial charge in [0.2, 0.25) is 5.91 Å². The molecule has 0 aliphatic carbocycles. The highest BCUT2D eigenvalue weighted by atomic mass is 32.1. The standard InChI is InChI=1S/C18H26N2O2S/c1-13-4-5-15(23-13)12-20-11-14(10-17-16(20)6-9-22-17)18(21)19-7-2-3-8-19/h4-5,14,16-17H,2-3,6-12H2,1H3/t14-,16+,17+/m0/s1. The number of hydrogen-bond acceptors (Lipinski definition) is 4. The van der Waals surface area contributed by atoms with Crippen molar-refractivity contribution in [1.82, 2.24) is 9.80 Å². The van der Waals surface area contributed by atoms with Crippen LogP contribution in [0.1, 0.15) is 35.4 Å². The number of nitrogens with zero attached hydrogens (tertiary/aromatic N) is 2. The molecule has 3 atom stereocenters. The van der Waals surface area contributed by atoms with Crippen molar-refractivity contribution in [1.29, 1.82) is 0 Å². The third kappa shape index (κ3) is 3.19. The van der Waals surface area contributed by atoms with Crippen molar-refractivity contribution in [3.05, 3.63) is 21.9 Å². The fraction of sp³-hybridized carbons (Fsp3) is 0.722. The summed E-state index contributed by atoms with van der Waals surface area (Å²) in [7, 11) is 0. The third-order valence-corrected chi connectivity index (χ3v) is 6.52. The van der Waals surface area contributed by atoms with Crippen LogP contribution in [0.5, 0.6) is 0 Å². The first-order chi connectivity index (χ1) is 11.2. The Morgan fingerprint density at radius 3 is 2.91 bits per heavy atom. The maximum Gasteiger partial charge on any atom is 0.227 e. The van der Waals surface area contributed by atoms with Gasteiger partial charge in [-0.2, -0.15) is 0 Å². The fourth-order valence-corrected chi connectivity index (χ4v) is 5.30. The summed E-state index contributed by atoms with van der Waals surface area (Å²) in [5.74, 6) is 0.484. The van der Waals surface area contributed by atoms with E-state index in [4.69, 9.17) is 4.74 Å². The highest BCUT2D eigenvalue weighted by molar-refractivity contribution is 7.11. The Bertz CT molecular complexity index is 567. The maximum atomic E-state index is 12.8. The summed E-state index contributed by atoms with van der Waals surface area (Å²) < 4.78 is 5.96. The second-order valence-electron chi connectivity index (χ2n) is 7.17. The van der Waals surface area contributed by atoms with Gasteiger partial charge in [-0.25, -0.2) is 0 Å². The van der Waals surface area contributed by atoms with Crippen LogP contribution in [0.2, 0.25) is 0 Å². The number of carbonyl (C=O) groups is 1. The molecular weight excluding hydrogens is 308 g/mol. The molecule has 3 saturated heterocycles. The number of likely N-dealkylation sites (tertiary alicyclic amines) is 2. The number of ether oxygens (including phenoxy) is 1. The summed E-state index contributed by atoms with van der Waals surface area (Å²) in [6.07, 6.45) is 4.61. The number of fused-ring (bicyclic) bond motifs is 1. The molecule has 0 N–H and O–H groups in total. The number of thiophene rings is 1. The van der Waals surface area contributed by atoms with Crippen molar-refractivity contribution in [2.24, 2.45) is 5.92 Å². The summed E-state index contributed by atoms with van der Waals surface area (Å²) >= 11 is 1.87. The van der Waals surface area contributed by atoms with Crippen LogP contribution in [-0.4, -0.2) is 54.1 Å². The van der Waals surface area contributed by atoms with Gasteiger partial charge in [-0.3, -0.25) is 9.69 Å². The molecule has 23 heavy (non-hydrogen) atoms. The van der Waals surface area contributed by atoms with Gasteiger partial charge in [-0.05, 0) is 44.7 Å². The molecular formula is C18H26N2O2S. The minimum Gasteiger partial charge on any atom is -0.377 e. The zero-order valence-corrected chi connectivity index (χ0v) is 14.7. The predicted octanol–water partition coefficient (Wildman–Crippen LogP) is 2.66. The van der Waals surface area contributed by atoms with Crippen LogP contribution in [0.3, 0.4) is 0 Å². The van der Waals surface area contributed by atoms with Gasteiger partial charge in [0.25, 0.3) is 0 Å². The molecule has 1 amide bonds. The molecule has 3 aliphatic heterocycles. The average Bonchev–Trinajstić information content (AvgIpc) is 3.27. The van der Waals surface area contributed by atoms with Crippen molar-refractivity contribution < 1.29 is 9.53 Å². The van der Waals surface area contributed by atoms with E-state index in [9.17, 15) is 4.79 Å².